The van der Waals surface area contributed by atoms with Crippen molar-refractivity contribution in [1.29, 1.82) is 0 Å². The maximum Gasteiger partial charge on any atom is 0.244 e. The highest BCUT2D eigenvalue weighted by molar-refractivity contribution is 7.99. The maximum absolute atomic E-state index is 11.8. The van der Waals surface area contributed by atoms with Gasteiger partial charge in [0.2, 0.25) is 12.7 Å². The van der Waals surface area contributed by atoms with E-state index < -0.39 is 0 Å². The molecule has 0 aromatic heterocycles. The van der Waals surface area contributed by atoms with Crippen molar-refractivity contribution < 1.29 is 14.3 Å². The highest BCUT2D eigenvalue weighted by atomic mass is 35.5. The number of hydrogen-bond acceptors (Lipinski definition) is 4. The largest absolute Gasteiger partial charge is 0.454 e. The summed E-state index contributed by atoms with van der Waals surface area (Å²) in [4.78, 5) is 13.0. The molecule has 1 N–H and O–H groups in total. The van der Waals surface area contributed by atoms with Crippen LogP contribution in [-0.2, 0) is 4.79 Å². The summed E-state index contributed by atoms with van der Waals surface area (Å²) in [5.74, 6) is 2.11. The molecule has 0 aliphatic carbocycles. The van der Waals surface area contributed by atoms with E-state index in [1.807, 2.05) is 42.5 Å². The molecular formula is C18H16ClNO3S. The van der Waals surface area contributed by atoms with Gasteiger partial charge in [-0.15, -0.1) is 11.8 Å². The number of nitrogens with one attached hydrogen (secondary N) is 1. The fourth-order valence-electron chi connectivity index (χ4n) is 2.12. The Balaban J connectivity index is 1.41. The standard InChI is InChI=1S/C18H16ClNO3S/c19-14-3-5-15(6-4-14)24-10-9-20-18(21)8-2-13-1-7-16-17(11-13)23-12-22-16/h1-8,11H,9-10,12H2,(H,20,21)/b8-2+. The Kier molecular flexibility index (Phi) is 5.67. The van der Waals surface area contributed by atoms with Crippen molar-refractivity contribution >= 4 is 35.3 Å². The van der Waals surface area contributed by atoms with Crippen LogP contribution in [0.5, 0.6) is 11.5 Å². The number of carbonyl (C=O) groups is 1. The van der Waals surface area contributed by atoms with Crippen LogP contribution < -0.4 is 14.8 Å². The highest BCUT2D eigenvalue weighted by Crippen LogP contribution is 2.32. The van der Waals surface area contributed by atoms with E-state index in [-0.39, 0.29) is 12.7 Å². The molecule has 3 rings (SSSR count). The number of ether oxygens (including phenoxy) is 2. The molecule has 2 aromatic rings. The summed E-state index contributed by atoms with van der Waals surface area (Å²) in [7, 11) is 0. The van der Waals surface area contributed by atoms with Crippen molar-refractivity contribution in [3.05, 3.63) is 59.1 Å². The summed E-state index contributed by atoms with van der Waals surface area (Å²) >= 11 is 7.51. The molecule has 0 atom stereocenters. The second-order valence-corrected chi connectivity index (χ2v) is 6.64. The SMILES string of the molecule is O=C(/C=C/c1ccc2c(c1)OCO2)NCCSc1ccc(Cl)cc1. The van der Waals surface area contributed by atoms with Gasteiger partial charge in [0.05, 0.1) is 0 Å². The quantitative estimate of drug-likeness (QED) is 0.480. The van der Waals surface area contributed by atoms with Gasteiger partial charge in [-0.3, -0.25) is 4.79 Å². The molecule has 0 radical (unpaired) electrons. The topological polar surface area (TPSA) is 47.6 Å². The summed E-state index contributed by atoms with van der Waals surface area (Å²) in [6, 6.07) is 13.2. The van der Waals surface area contributed by atoms with Crippen molar-refractivity contribution in [1.82, 2.24) is 5.32 Å². The van der Waals surface area contributed by atoms with Gasteiger partial charge >= 0.3 is 0 Å². The zero-order chi connectivity index (χ0) is 16.8. The maximum atomic E-state index is 11.8. The molecule has 4 nitrogen and oxygen atoms in total. The Bertz CT molecular complexity index is 746. The van der Waals surface area contributed by atoms with Gasteiger partial charge in [-0.05, 0) is 48.0 Å². The lowest BCUT2D eigenvalue weighted by Crippen LogP contribution is -2.23. The Morgan fingerprint density at radius 3 is 2.79 bits per heavy atom. The molecule has 1 amide bonds. The normalized spacial score (nSPS) is 12.5. The molecule has 0 unspecified atom stereocenters. The molecule has 0 fully saturated rings. The molecule has 0 spiro atoms. The molecule has 0 bridgehead atoms. The number of rotatable bonds is 6. The first-order chi connectivity index (χ1) is 11.7. The van der Waals surface area contributed by atoms with E-state index in [1.54, 1.807) is 17.8 Å². The van der Waals surface area contributed by atoms with Crippen LogP contribution in [-0.4, -0.2) is 25.0 Å². The second-order valence-electron chi connectivity index (χ2n) is 5.04. The molecule has 0 saturated carbocycles. The number of thioether (sulfide) groups is 1. The molecule has 24 heavy (non-hydrogen) atoms. The van der Waals surface area contributed by atoms with Crippen LogP contribution in [0.2, 0.25) is 5.02 Å². The van der Waals surface area contributed by atoms with E-state index in [4.69, 9.17) is 21.1 Å². The monoisotopic (exact) mass is 361 g/mol. The zero-order valence-corrected chi connectivity index (χ0v) is 14.4. The number of fused-ring (bicyclic) bond motifs is 1. The van der Waals surface area contributed by atoms with Crippen LogP contribution >= 0.6 is 23.4 Å². The van der Waals surface area contributed by atoms with Gasteiger partial charge < -0.3 is 14.8 Å². The summed E-state index contributed by atoms with van der Waals surface area (Å²) in [6.07, 6.45) is 3.27. The number of carbonyl (C=O) groups excluding carboxylic acids is 1. The Morgan fingerprint density at radius 1 is 1.17 bits per heavy atom. The minimum absolute atomic E-state index is 0.121. The lowest BCUT2D eigenvalue weighted by atomic mass is 10.2. The van der Waals surface area contributed by atoms with Crippen LogP contribution in [0.4, 0.5) is 0 Å². The van der Waals surface area contributed by atoms with Crippen LogP contribution in [0, 0.1) is 0 Å². The number of halogens is 1. The smallest absolute Gasteiger partial charge is 0.244 e. The average molecular weight is 362 g/mol. The molecule has 1 aliphatic rings. The first kappa shape index (κ1) is 16.7. The van der Waals surface area contributed by atoms with E-state index in [9.17, 15) is 4.79 Å². The zero-order valence-electron chi connectivity index (χ0n) is 12.8. The first-order valence-electron chi connectivity index (χ1n) is 7.45. The van der Waals surface area contributed by atoms with E-state index in [1.165, 1.54) is 6.08 Å². The summed E-state index contributed by atoms with van der Waals surface area (Å²) in [5, 5.41) is 3.58. The van der Waals surface area contributed by atoms with Gasteiger partial charge in [0, 0.05) is 28.3 Å². The van der Waals surface area contributed by atoms with Gasteiger partial charge in [-0.1, -0.05) is 17.7 Å². The van der Waals surface area contributed by atoms with Crippen molar-refractivity contribution in [3.8, 4) is 11.5 Å². The molecule has 2 aromatic carbocycles. The first-order valence-corrected chi connectivity index (χ1v) is 8.81. The third-order valence-corrected chi connectivity index (χ3v) is 4.57. The molecule has 1 aliphatic heterocycles. The Labute approximate surface area is 149 Å². The molecular weight excluding hydrogens is 346 g/mol. The van der Waals surface area contributed by atoms with Crippen LogP contribution in [0.15, 0.2) is 53.4 Å². The van der Waals surface area contributed by atoms with Crippen molar-refractivity contribution in [3.63, 3.8) is 0 Å². The van der Waals surface area contributed by atoms with Gasteiger partial charge in [-0.2, -0.15) is 0 Å². The predicted molar refractivity (Wildman–Crippen MR) is 96.8 cm³/mol. The molecule has 6 heteroatoms. The summed E-state index contributed by atoms with van der Waals surface area (Å²) in [5.41, 5.74) is 0.893. The van der Waals surface area contributed by atoms with Crippen molar-refractivity contribution in [2.75, 3.05) is 19.1 Å². The average Bonchev–Trinajstić information content (AvgIpc) is 3.06. The van der Waals surface area contributed by atoms with E-state index in [0.717, 1.165) is 27.0 Å². The second kappa shape index (κ2) is 8.13. The Hall–Kier alpha value is -2.11. The van der Waals surface area contributed by atoms with E-state index in [0.29, 0.717) is 12.3 Å². The molecule has 1 heterocycles. The van der Waals surface area contributed by atoms with E-state index >= 15 is 0 Å². The number of amides is 1. The van der Waals surface area contributed by atoms with Gasteiger partial charge in [-0.25, -0.2) is 0 Å². The van der Waals surface area contributed by atoms with Crippen molar-refractivity contribution in [2.24, 2.45) is 0 Å². The van der Waals surface area contributed by atoms with Crippen LogP contribution in [0.3, 0.4) is 0 Å². The third-order valence-electron chi connectivity index (χ3n) is 3.31. The van der Waals surface area contributed by atoms with Crippen molar-refractivity contribution in [2.45, 2.75) is 4.90 Å². The summed E-state index contributed by atoms with van der Waals surface area (Å²) < 4.78 is 10.6. The lowest BCUT2D eigenvalue weighted by Gasteiger charge is -2.03. The number of hydrogen-bond donors (Lipinski definition) is 1. The fraction of sp³-hybridized carbons (Fsp3) is 0.167. The van der Waals surface area contributed by atoms with Gasteiger partial charge in [0.25, 0.3) is 0 Å². The fourth-order valence-corrected chi connectivity index (χ4v) is 3.02. The van der Waals surface area contributed by atoms with Crippen LogP contribution in [0.25, 0.3) is 6.08 Å². The molecule has 124 valence electrons. The molecule has 0 saturated heterocycles. The lowest BCUT2D eigenvalue weighted by molar-refractivity contribution is -0.116. The van der Waals surface area contributed by atoms with Gasteiger partial charge in [0.15, 0.2) is 11.5 Å². The Morgan fingerprint density at radius 2 is 1.96 bits per heavy atom. The summed E-state index contributed by atoms with van der Waals surface area (Å²) in [6.45, 7) is 0.839. The minimum Gasteiger partial charge on any atom is -0.454 e. The highest BCUT2D eigenvalue weighted by Gasteiger charge is 2.12. The minimum atomic E-state index is -0.121. The van der Waals surface area contributed by atoms with Crippen LogP contribution in [0.1, 0.15) is 5.56 Å². The predicted octanol–water partition coefficient (Wildman–Crippen LogP) is 3.99. The van der Waals surface area contributed by atoms with Gasteiger partial charge in [0.1, 0.15) is 0 Å². The van der Waals surface area contributed by atoms with E-state index in [2.05, 4.69) is 5.32 Å². The number of benzene rings is 2. The third kappa shape index (κ3) is 4.69.